The Morgan fingerprint density at radius 1 is 1.04 bits per heavy atom. The molecule has 1 aliphatic heterocycles. The molecule has 1 aliphatic rings. The number of anilines is 2. The lowest BCUT2D eigenvalue weighted by atomic mass is 10.2. The van der Waals surface area contributed by atoms with Gasteiger partial charge in [0.05, 0.1) is 0 Å². The van der Waals surface area contributed by atoms with E-state index in [9.17, 15) is 0 Å². The first-order chi connectivity index (χ1) is 11.1. The molecule has 0 aliphatic carbocycles. The SMILES string of the molecule is Cc1ccccc1NC(=S)N1CCN(c2cccc(Cl)c2)CC1. The van der Waals surface area contributed by atoms with E-state index in [-0.39, 0.29) is 0 Å². The highest BCUT2D eigenvalue weighted by Gasteiger charge is 2.19. The normalized spacial score (nSPS) is 14.7. The average molecular weight is 346 g/mol. The van der Waals surface area contributed by atoms with Crippen molar-refractivity contribution in [3.63, 3.8) is 0 Å². The molecular formula is C18H20ClN3S. The van der Waals surface area contributed by atoms with E-state index in [1.54, 1.807) is 0 Å². The molecule has 0 atom stereocenters. The van der Waals surface area contributed by atoms with Crippen LogP contribution < -0.4 is 10.2 Å². The number of benzene rings is 2. The van der Waals surface area contributed by atoms with Crippen molar-refractivity contribution in [3.05, 3.63) is 59.1 Å². The van der Waals surface area contributed by atoms with Gasteiger partial charge in [0.1, 0.15) is 0 Å². The van der Waals surface area contributed by atoms with Crippen LogP contribution in [0.2, 0.25) is 5.02 Å². The average Bonchev–Trinajstić information content (AvgIpc) is 2.57. The minimum Gasteiger partial charge on any atom is -0.368 e. The topological polar surface area (TPSA) is 18.5 Å². The van der Waals surface area contributed by atoms with Crippen molar-refractivity contribution >= 4 is 40.3 Å². The van der Waals surface area contributed by atoms with Crippen LogP contribution in [0, 0.1) is 6.92 Å². The number of thiocarbonyl (C=S) groups is 1. The molecule has 2 aromatic rings. The number of para-hydroxylation sites is 1. The zero-order valence-electron chi connectivity index (χ0n) is 13.1. The zero-order chi connectivity index (χ0) is 16.2. The number of aryl methyl sites for hydroxylation is 1. The molecule has 0 amide bonds. The summed E-state index contributed by atoms with van der Waals surface area (Å²) in [5, 5.41) is 4.94. The Morgan fingerprint density at radius 3 is 2.48 bits per heavy atom. The molecule has 5 heteroatoms. The number of nitrogens with zero attached hydrogens (tertiary/aromatic N) is 2. The van der Waals surface area contributed by atoms with Gasteiger partial charge < -0.3 is 15.1 Å². The molecule has 3 rings (SSSR count). The van der Waals surface area contributed by atoms with Crippen molar-refractivity contribution in [2.24, 2.45) is 0 Å². The summed E-state index contributed by atoms with van der Waals surface area (Å²) in [6.45, 7) is 5.78. The van der Waals surface area contributed by atoms with Crippen LogP contribution >= 0.6 is 23.8 Å². The maximum Gasteiger partial charge on any atom is 0.173 e. The lowest BCUT2D eigenvalue weighted by Crippen LogP contribution is -2.50. The number of hydrogen-bond donors (Lipinski definition) is 1. The van der Waals surface area contributed by atoms with Gasteiger partial charge in [-0.2, -0.15) is 0 Å². The van der Waals surface area contributed by atoms with E-state index in [4.69, 9.17) is 23.8 Å². The molecule has 3 nitrogen and oxygen atoms in total. The van der Waals surface area contributed by atoms with Crippen molar-refractivity contribution in [1.82, 2.24) is 4.90 Å². The largest absolute Gasteiger partial charge is 0.368 e. The summed E-state index contributed by atoms with van der Waals surface area (Å²) in [7, 11) is 0. The smallest absolute Gasteiger partial charge is 0.173 e. The van der Waals surface area contributed by atoms with Gasteiger partial charge in [0.25, 0.3) is 0 Å². The third-order valence-corrected chi connectivity index (χ3v) is 4.72. The number of rotatable bonds is 2. The van der Waals surface area contributed by atoms with E-state index >= 15 is 0 Å². The maximum absolute atomic E-state index is 6.08. The molecule has 1 fully saturated rings. The van der Waals surface area contributed by atoms with Crippen molar-refractivity contribution in [3.8, 4) is 0 Å². The second-order valence-electron chi connectivity index (χ2n) is 5.70. The van der Waals surface area contributed by atoms with Gasteiger partial charge in [-0.05, 0) is 49.0 Å². The summed E-state index contributed by atoms with van der Waals surface area (Å²) >= 11 is 11.6. The van der Waals surface area contributed by atoms with E-state index in [0.29, 0.717) is 0 Å². The first-order valence-corrected chi connectivity index (χ1v) is 8.54. The van der Waals surface area contributed by atoms with E-state index in [1.807, 2.05) is 30.3 Å². The molecule has 0 saturated carbocycles. The highest BCUT2D eigenvalue weighted by atomic mass is 35.5. The molecule has 1 saturated heterocycles. The van der Waals surface area contributed by atoms with Gasteiger partial charge in [-0.25, -0.2) is 0 Å². The van der Waals surface area contributed by atoms with E-state index in [0.717, 1.165) is 42.0 Å². The predicted molar refractivity (Wildman–Crippen MR) is 103 cm³/mol. The Morgan fingerprint density at radius 2 is 1.78 bits per heavy atom. The number of nitrogens with one attached hydrogen (secondary N) is 1. The molecule has 0 bridgehead atoms. The van der Waals surface area contributed by atoms with Crippen molar-refractivity contribution in [2.45, 2.75) is 6.92 Å². The molecule has 0 unspecified atom stereocenters. The van der Waals surface area contributed by atoms with Gasteiger partial charge in [0, 0.05) is 42.6 Å². The van der Waals surface area contributed by atoms with Crippen LogP contribution in [0.4, 0.5) is 11.4 Å². The van der Waals surface area contributed by atoms with Gasteiger partial charge in [-0.15, -0.1) is 0 Å². The van der Waals surface area contributed by atoms with Gasteiger partial charge >= 0.3 is 0 Å². The van der Waals surface area contributed by atoms with Gasteiger partial charge in [-0.1, -0.05) is 35.9 Å². The molecular weight excluding hydrogens is 326 g/mol. The fraction of sp³-hybridized carbons (Fsp3) is 0.278. The fourth-order valence-corrected chi connectivity index (χ4v) is 3.23. The fourth-order valence-electron chi connectivity index (χ4n) is 2.75. The molecule has 0 spiro atoms. The zero-order valence-corrected chi connectivity index (χ0v) is 14.7. The monoisotopic (exact) mass is 345 g/mol. The summed E-state index contributed by atoms with van der Waals surface area (Å²) in [4.78, 5) is 4.57. The Bertz CT molecular complexity index is 696. The molecule has 0 aromatic heterocycles. The molecule has 2 aromatic carbocycles. The first kappa shape index (κ1) is 16.1. The molecule has 23 heavy (non-hydrogen) atoms. The lowest BCUT2D eigenvalue weighted by molar-refractivity contribution is 0.391. The van der Waals surface area contributed by atoms with Crippen LogP contribution in [0.3, 0.4) is 0 Å². The Hall–Kier alpha value is -1.78. The van der Waals surface area contributed by atoms with E-state index in [2.05, 4.69) is 40.2 Å². The molecule has 0 radical (unpaired) electrons. The van der Waals surface area contributed by atoms with Crippen molar-refractivity contribution in [2.75, 3.05) is 36.4 Å². The van der Waals surface area contributed by atoms with Crippen LogP contribution in [0.15, 0.2) is 48.5 Å². The minimum atomic E-state index is 0.779. The summed E-state index contributed by atoms with van der Waals surface area (Å²) < 4.78 is 0. The van der Waals surface area contributed by atoms with Crippen LogP contribution in [-0.2, 0) is 0 Å². The molecule has 120 valence electrons. The second-order valence-corrected chi connectivity index (χ2v) is 6.52. The maximum atomic E-state index is 6.08. The van der Waals surface area contributed by atoms with Crippen LogP contribution in [0.1, 0.15) is 5.56 Å². The first-order valence-electron chi connectivity index (χ1n) is 7.75. The highest BCUT2D eigenvalue weighted by molar-refractivity contribution is 7.80. The quantitative estimate of drug-likeness (QED) is 0.823. The third-order valence-electron chi connectivity index (χ3n) is 4.13. The molecule has 1 N–H and O–H groups in total. The molecule has 1 heterocycles. The summed E-state index contributed by atoms with van der Waals surface area (Å²) in [6.07, 6.45) is 0. The number of hydrogen-bond acceptors (Lipinski definition) is 2. The van der Waals surface area contributed by atoms with Crippen LogP contribution in [-0.4, -0.2) is 36.2 Å². The third kappa shape index (κ3) is 3.95. The van der Waals surface area contributed by atoms with Gasteiger partial charge in [-0.3, -0.25) is 0 Å². The highest BCUT2D eigenvalue weighted by Crippen LogP contribution is 2.21. The van der Waals surface area contributed by atoms with E-state index < -0.39 is 0 Å². The van der Waals surface area contributed by atoms with Crippen molar-refractivity contribution in [1.29, 1.82) is 0 Å². The van der Waals surface area contributed by atoms with Crippen molar-refractivity contribution < 1.29 is 0 Å². The van der Waals surface area contributed by atoms with Crippen LogP contribution in [0.5, 0.6) is 0 Å². The Kier molecular flexibility index (Phi) is 5.03. The van der Waals surface area contributed by atoms with Crippen LogP contribution in [0.25, 0.3) is 0 Å². The second kappa shape index (κ2) is 7.20. The summed E-state index contributed by atoms with van der Waals surface area (Å²) in [6, 6.07) is 16.2. The van der Waals surface area contributed by atoms with Gasteiger partial charge in [0.15, 0.2) is 5.11 Å². The number of piperazine rings is 1. The summed E-state index contributed by atoms with van der Waals surface area (Å²) in [5.41, 5.74) is 3.46. The Labute approximate surface area is 147 Å². The minimum absolute atomic E-state index is 0.779. The standard InChI is InChI=1S/C18H20ClN3S/c1-14-5-2-3-8-17(14)20-18(23)22-11-9-21(10-12-22)16-7-4-6-15(19)13-16/h2-8,13H,9-12H2,1H3,(H,20,23). The predicted octanol–water partition coefficient (Wildman–Crippen LogP) is 4.17. The lowest BCUT2D eigenvalue weighted by Gasteiger charge is -2.37. The summed E-state index contributed by atoms with van der Waals surface area (Å²) in [5.74, 6) is 0. The van der Waals surface area contributed by atoms with Gasteiger partial charge in [0.2, 0.25) is 0 Å². The van der Waals surface area contributed by atoms with E-state index in [1.165, 1.54) is 11.3 Å². The number of halogens is 1. The Balaban J connectivity index is 1.58.